The van der Waals surface area contributed by atoms with Crippen molar-refractivity contribution in [3.8, 4) is 5.75 Å². The van der Waals surface area contributed by atoms with E-state index in [9.17, 15) is 9.59 Å². The van der Waals surface area contributed by atoms with Crippen LogP contribution in [-0.4, -0.2) is 72.6 Å². The summed E-state index contributed by atoms with van der Waals surface area (Å²) >= 11 is 0. The highest BCUT2D eigenvalue weighted by Gasteiger charge is 2.28. The van der Waals surface area contributed by atoms with Crippen molar-refractivity contribution >= 4 is 40.4 Å². The maximum atomic E-state index is 12.2. The van der Waals surface area contributed by atoms with Crippen LogP contribution >= 0.6 is 0 Å². The minimum Gasteiger partial charge on any atom is -0.494 e. The molecule has 3 N–H and O–H groups in total. The van der Waals surface area contributed by atoms with Crippen molar-refractivity contribution in [2.75, 3.05) is 55.2 Å². The predicted molar refractivity (Wildman–Crippen MR) is 158 cm³/mol. The topological polar surface area (TPSA) is 126 Å². The van der Waals surface area contributed by atoms with Gasteiger partial charge >= 0.3 is 0 Å². The lowest BCUT2D eigenvalue weighted by atomic mass is 10.0. The van der Waals surface area contributed by atoms with Gasteiger partial charge in [0.05, 0.1) is 25.4 Å². The fourth-order valence-electron chi connectivity index (χ4n) is 5.24. The summed E-state index contributed by atoms with van der Waals surface area (Å²) in [6.07, 6.45) is 3.20. The summed E-state index contributed by atoms with van der Waals surface area (Å²) in [5, 5.41) is 5.16. The lowest BCUT2D eigenvalue weighted by Gasteiger charge is -2.37. The molecule has 11 nitrogen and oxygen atoms in total. The highest BCUT2D eigenvalue weighted by atomic mass is 16.7. The number of carbonyl (C=O) groups is 2. The molecule has 2 fully saturated rings. The van der Waals surface area contributed by atoms with Gasteiger partial charge in [-0.15, -0.1) is 0 Å². The molecule has 2 saturated heterocycles. The molecule has 2 amide bonds. The molecule has 214 valence electrons. The van der Waals surface area contributed by atoms with Crippen LogP contribution in [0.15, 0.2) is 61.4 Å². The third-order valence-corrected chi connectivity index (χ3v) is 7.47. The highest BCUT2D eigenvalue weighted by Crippen LogP contribution is 2.39. The second-order valence-corrected chi connectivity index (χ2v) is 10.1. The summed E-state index contributed by atoms with van der Waals surface area (Å²) in [4.78, 5) is 42.8. The third-order valence-electron chi connectivity index (χ3n) is 7.47. The number of benzene rings is 2. The second-order valence-electron chi connectivity index (χ2n) is 10.1. The zero-order valence-corrected chi connectivity index (χ0v) is 23.4. The number of rotatable bonds is 9. The van der Waals surface area contributed by atoms with Crippen LogP contribution < -0.4 is 25.8 Å². The molecule has 1 aromatic heterocycles. The molecule has 2 aliphatic rings. The zero-order valence-electron chi connectivity index (χ0n) is 23.4. The molecule has 0 aliphatic carbocycles. The van der Waals surface area contributed by atoms with Gasteiger partial charge < -0.3 is 25.6 Å². The van der Waals surface area contributed by atoms with E-state index in [1.165, 1.54) is 11.9 Å². The zero-order chi connectivity index (χ0) is 28.9. The number of hydrogen-bond donors (Lipinski definition) is 2. The third kappa shape index (κ3) is 6.25. The summed E-state index contributed by atoms with van der Waals surface area (Å²) in [7, 11) is 1.58. The Morgan fingerprint density at radius 1 is 1.12 bits per heavy atom. The average molecular weight is 558 g/mol. The molecule has 0 spiro atoms. The number of hydroxylamine groups is 1. The van der Waals surface area contributed by atoms with Crippen molar-refractivity contribution in [2.24, 2.45) is 5.73 Å². The van der Waals surface area contributed by atoms with E-state index in [-0.39, 0.29) is 17.5 Å². The number of methoxy groups -OCH3 is 1. The van der Waals surface area contributed by atoms with Crippen LogP contribution in [0.25, 0.3) is 5.57 Å². The van der Waals surface area contributed by atoms with Gasteiger partial charge in [-0.2, -0.15) is 0 Å². The van der Waals surface area contributed by atoms with Crippen molar-refractivity contribution in [3.63, 3.8) is 0 Å². The molecule has 3 heterocycles. The van der Waals surface area contributed by atoms with Crippen LogP contribution in [0, 0.1) is 0 Å². The number of primary amides is 1. The van der Waals surface area contributed by atoms with Crippen molar-refractivity contribution in [3.05, 3.63) is 72.6 Å². The number of piperazine rings is 1. The maximum Gasteiger partial charge on any atom is 0.248 e. The largest absolute Gasteiger partial charge is 0.494 e. The van der Waals surface area contributed by atoms with Gasteiger partial charge in [0.25, 0.3) is 0 Å². The summed E-state index contributed by atoms with van der Waals surface area (Å²) < 4.78 is 5.74. The number of nitrogens with two attached hydrogens (primary N) is 1. The van der Waals surface area contributed by atoms with E-state index < -0.39 is 5.91 Å². The molecular formula is C30H35N7O4. The van der Waals surface area contributed by atoms with E-state index >= 15 is 0 Å². The fourth-order valence-corrected chi connectivity index (χ4v) is 5.24. The Balaban J connectivity index is 1.41. The molecule has 0 radical (unpaired) electrons. The van der Waals surface area contributed by atoms with Gasteiger partial charge in [-0.05, 0) is 24.5 Å². The molecule has 2 aromatic carbocycles. The van der Waals surface area contributed by atoms with Gasteiger partial charge in [0, 0.05) is 62.1 Å². The Morgan fingerprint density at radius 3 is 2.56 bits per heavy atom. The SMILES string of the molecule is C=C(C(N)=O)c1cc(Nc2cc(N3OCC[C@@H]3Cc3ccccc3)ncn2)c(OC)cc1N1CCN(C(C)=O)CC1. The molecule has 2 aliphatic heterocycles. The summed E-state index contributed by atoms with van der Waals surface area (Å²) in [5.74, 6) is 1.14. The normalized spacial score (nSPS) is 16.9. The van der Waals surface area contributed by atoms with Crippen molar-refractivity contribution < 1.29 is 19.2 Å². The summed E-state index contributed by atoms with van der Waals surface area (Å²) in [6.45, 7) is 8.49. The number of nitrogens with zero attached hydrogens (tertiary/aromatic N) is 5. The highest BCUT2D eigenvalue weighted by molar-refractivity contribution is 6.19. The Kier molecular flexibility index (Phi) is 8.34. The van der Waals surface area contributed by atoms with E-state index in [1.807, 2.05) is 35.4 Å². The molecule has 1 atom stereocenters. The Hall–Kier alpha value is -4.64. The predicted octanol–water partition coefficient (Wildman–Crippen LogP) is 3.15. The van der Waals surface area contributed by atoms with Gasteiger partial charge in [0.1, 0.15) is 17.9 Å². The Bertz CT molecular complexity index is 1420. The fraction of sp³-hybridized carbons (Fsp3) is 0.333. The average Bonchev–Trinajstić information content (AvgIpc) is 3.45. The van der Waals surface area contributed by atoms with Crippen LogP contribution in [0.5, 0.6) is 5.75 Å². The monoisotopic (exact) mass is 557 g/mol. The van der Waals surface area contributed by atoms with Crippen molar-refractivity contribution in [1.29, 1.82) is 0 Å². The number of carbonyl (C=O) groups excluding carboxylic acids is 2. The Morgan fingerprint density at radius 2 is 1.88 bits per heavy atom. The van der Waals surface area contributed by atoms with E-state index in [0.717, 1.165) is 18.5 Å². The first-order valence-electron chi connectivity index (χ1n) is 13.6. The van der Waals surface area contributed by atoms with Gasteiger partial charge in [-0.25, -0.2) is 15.0 Å². The molecule has 0 bridgehead atoms. The number of aromatic nitrogens is 2. The molecule has 11 heteroatoms. The number of anilines is 4. The lowest BCUT2D eigenvalue weighted by Crippen LogP contribution is -2.48. The standard InChI is InChI=1S/C30H35N7O4/c1-20(30(31)39)24-16-25(27(40-3)17-26(24)36-12-10-35(11-13-36)21(2)38)34-28-18-29(33-19-32-28)37-23(9-14-41-37)15-22-7-5-4-6-8-22/h4-8,16-19,23H,1,9-15H2,2-3H3,(H2,31,39)(H,32,33,34)/t23-/m1/s1. The smallest absolute Gasteiger partial charge is 0.248 e. The minimum absolute atomic E-state index is 0.0403. The van der Waals surface area contributed by atoms with Crippen LogP contribution in [-0.2, 0) is 20.8 Å². The van der Waals surface area contributed by atoms with Gasteiger partial charge in [-0.3, -0.25) is 14.4 Å². The van der Waals surface area contributed by atoms with Crippen LogP contribution in [0.2, 0.25) is 0 Å². The van der Waals surface area contributed by atoms with E-state index in [1.54, 1.807) is 25.0 Å². The van der Waals surface area contributed by atoms with Gasteiger partial charge in [0.15, 0.2) is 5.82 Å². The van der Waals surface area contributed by atoms with Crippen LogP contribution in [0.3, 0.4) is 0 Å². The number of ether oxygens (including phenoxy) is 1. The lowest BCUT2D eigenvalue weighted by molar-refractivity contribution is -0.129. The van der Waals surface area contributed by atoms with E-state index in [4.69, 9.17) is 15.3 Å². The first-order chi connectivity index (χ1) is 19.8. The molecule has 0 unspecified atom stereocenters. The van der Waals surface area contributed by atoms with E-state index in [2.05, 4.69) is 38.9 Å². The van der Waals surface area contributed by atoms with Crippen molar-refractivity contribution in [2.45, 2.75) is 25.8 Å². The first-order valence-corrected chi connectivity index (χ1v) is 13.6. The summed E-state index contributed by atoms with van der Waals surface area (Å²) in [5.41, 5.74) is 9.00. The van der Waals surface area contributed by atoms with Crippen LogP contribution in [0.4, 0.5) is 23.0 Å². The molecule has 41 heavy (non-hydrogen) atoms. The van der Waals surface area contributed by atoms with E-state index in [0.29, 0.717) is 61.4 Å². The second kappa shape index (κ2) is 12.3. The summed E-state index contributed by atoms with van der Waals surface area (Å²) in [6, 6.07) is 15.9. The maximum absolute atomic E-state index is 12.2. The number of hydrogen-bond acceptors (Lipinski definition) is 9. The van der Waals surface area contributed by atoms with Crippen LogP contribution in [0.1, 0.15) is 24.5 Å². The van der Waals surface area contributed by atoms with Crippen molar-refractivity contribution in [1.82, 2.24) is 14.9 Å². The molecular weight excluding hydrogens is 522 g/mol. The molecule has 5 rings (SSSR count). The first kappa shape index (κ1) is 27.9. The molecule has 3 aromatic rings. The Labute approximate surface area is 239 Å². The quantitative estimate of drug-likeness (QED) is 0.382. The van der Waals surface area contributed by atoms with Gasteiger partial charge in [0.2, 0.25) is 11.8 Å². The number of amides is 2. The van der Waals surface area contributed by atoms with Gasteiger partial charge in [-0.1, -0.05) is 36.9 Å². The minimum atomic E-state index is -0.621. The number of nitrogens with one attached hydrogen (secondary N) is 1. The molecule has 0 saturated carbocycles.